The molecule has 2 aliphatic rings. The molecule has 1 fully saturated rings. The van der Waals surface area contributed by atoms with E-state index in [1.807, 2.05) is 47.2 Å². The number of alkyl halides is 3. The van der Waals surface area contributed by atoms with Gasteiger partial charge in [0.1, 0.15) is 29.3 Å². The lowest BCUT2D eigenvalue weighted by molar-refractivity contribution is -0.0922. The molecular weight excluding hydrogens is 572 g/mol. The van der Waals surface area contributed by atoms with Crippen LogP contribution in [-0.4, -0.2) is 66.1 Å². The molecule has 10 heteroatoms. The summed E-state index contributed by atoms with van der Waals surface area (Å²) < 4.78 is 66.8. The van der Waals surface area contributed by atoms with E-state index >= 15 is 0 Å². The molecule has 2 aromatic carbocycles. The maximum Gasteiger partial charge on any atom is 0.419 e. The van der Waals surface area contributed by atoms with Gasteiger partial charge in [-0.05, 0) is 86.5 Å². The van der Waals surface area contributed by atoms with Gasteiger partial charge in [0.25, 0.3) is 0 Å². The van der Waals surface area contributed by atoms with Crippen LogP contribution < -0.4 is 14.8 Å². The normalized spacial score (nSPS) is 17.7. The lowest BCUT2D eigenvalue weighted by Crippen LogP contribution is -2.43. The number of hydrogen-bond acceptors (Lipinski definition) is 5. The van der Waals surface area contributed by atoms with Crippen molar-refractivity contribution in [3.63, 3.8) is 0 Å². The van der Waals surface area contributed by atoms with Gasteiger partial charge >= 0.3 is 6.18 Å². The van der Waals surface area contributed by atoms with Crippen LogP contribution in [0, 0.1) is 0 Å². The summed E-state index contributed by atoms with van der Waals surface area (Å²) in [4.78, 5) is 7.43. The number of benzene rings is 2. The van der Waals surface area contributed by atoms with Crippen molar-refractivity contribution in [3.05, 3.63) is 84.1 Å². The Morgan fingerprint density at radius 2 is 1.68 bits per heavy atom. The molecule has 0 spiro atoms. The van der Waals surface area contributed by atoms with Crippen LogP contribution in [0.1, 0.15) is 44.9 Å². The van der Waals surface area contributed by atoms with Gasteiger partial charge in [0.2, 0.25) is 0 Å². The van der Waals surface area contributed by atoms with Gasteiger partial charge in [-0.2, -0.15) is 13.2 Å². The van der Waals surface area contributed by atoms with E-state index in [1.54, 1.807) is 12.1 Å². The van der Waals surface area contributed by atoms with Gasteiger partial charge in [-0.3, -0.25) is 0 Å². The second-order valence-corrected chi connectivity index (χ2v) is 11.2. The number of aryl methyl sites for hydroxylation is 1. The molecule has 1 aliphatic carbocycles. The lowest BCUT2D eigenvalue weighted by Gasteiger charge is -2.26. The van der Waals surface area contributed by atoms with E-state index in [2.05, 4.69) is 17.1 Å². The van der Waals surface area contributed by atoms with Crippen molar-refractivity contribution in [1.82, 2.24) is 19.8 Å². The van der Waals surface area contributed by atoms with Crippen LogP contribution in [0.2, 0.25) is 0 Å². The summed E-state index contributed by atoms with van der Waals surface area (Å²) >= 11 is 0. The van der Waals surface area contributed by atoms with Crippen molar-refractivity contribution in [3.8, 4) is 28.4 Å². The summed E-state index contributed by atoms with van der Waals surface area (Å²) in [6.45, 7) is 8.31. The number of hydrogen-bond donors (Lipinski definition) is 1. The molecule has 3 aromatic rings. The smallest absolute Gasteiger partial charge is 0.419 e. The fourth-order valence-corrected chi connectivity index (χ4v) is 5.41. The zero-order valence-corrected chi connectivity index (χ0v) is 25.1. The number of allylic oxidation sites excluding steroid dienone is 2. The molecule has 44 heavy (non-hydrogen) atoms. The van der Waals surface area contributed by atoms with Gasteiger partial charge in [-0.25, -0.2) is 9.37 Å². The monoisotopic (exact) mass is 612 g/mol. The van der Waals surface area contributed by atoms with E-state index in [4.69, 9.17) is 14.5 Å². The Bertz CT molecular complexity index is 1410. The first-order valence-corrected chi connectivity index (χ1v) is 15.5. The van der Waals surface area contributed by atoms with Crippen LogP contribution in [-0.2, 0) is 6.42 Å². The number of imidazole rings is 1. The highest BCUT2D eigenvalue weighted by Gasteiger charge is 2.38. The molecule has 1 N–H and O–H groups in total. The van der Waals surface area contributed by atoms with Crippen LogP contribution in [0.25, 0.3) is 16.9 Å². The van der Waals surface area contributed by atoms with E-state index in [1.165, 1.54) is 0 Å². The average Bonchev–Trinajstić information content (AvgIpc) is 3.45. The second kappa shape index (κ2) is 14.9. The van der Waals surface area contributed by atoms with Crippen molar-refractivity contribution in [1.29, 1.82) is 0 Å². The number of piperazine rings is 1. The first-order valence-electron chi connectivity index (χ1n) is 15.5. The van der Waals surface area contributed by atoms with Crippen molar-refractivity contribution in [2.24, 2.45) is 0 Å². The first-order chi connectivity index (χ1) is 21.3. The molecule has 1 aromatic heterocycles. The number of nitrogens with zero attached hydrogens (tertiary/aromatic N) is 3. The molecule has 236 valence electrons. The fourth-order valence-electron chi connectivity index (χ4n) is 5.41. The summed E-state index contributed by atoms with van der Waals surface area (Å²) in [6, 6.07) is 15.1. The molecule has 1 saturated heterocycles. The largest absolute Gasteiger partial charge is 0.494 e. The number of ether oxygens (including phenoxy) is 2. The van der Waals surface area contributed by atoms with E-state index in [9.17, 15) is 17.6 Å². The predicted molar refractivity (Wildman–Crippen MR) is 164 cm³/mol. The third-order valence-corrected chi connectivity index (χ3v) is 7.88. The minimum Gasteiger partial charge on any atom is -0.494 e. The summed E-state index contributed by atoms with van der Waals surface area (Å²) in [5.74, 6) is 0.904. The third kappa shape index (κ3) is 8.51. The Balaban J connectivity index is 1.21. The molecular formula is C34H40F4N4O2. The van der Waals surface area contributed by atoms with Gasteiger partial charge in [0, 0.05) is 56.5 Å². The summed E-state index contributed by atoms with van der Waals surface area (Å²) in [6.07, 6.45) is 3.04. The van der Waals surface area contributed by atoms with Gasteiger partial charge in [-0.15, -0.1) is 0 Å². The van der Waals surface area contributed by atoms with Crippen LogP contribution in [0.15, 0.2) is 78.3 Å². The minimum atomic E-state index is -4.77. The SMILES string of the molecule is CCCCc1nc(-c2ccc(OCCCCN3CCNCC3)cc2)cn1-c1ccc(OC2C=C(C(F)(F)F)C(F)=CC2)cc1. The molecule has 2 heterocycles. The molecule has 0 radical (unpaired) electrons. The Kier molecular flexibility index (Phi) is 10.8. The third-order valence-electron chi connectivity index (χ3n) is 7.88. The molecule has 6 nitrogen and oxygen atoms in total. The topological polar surface area (TPSA) is 51.5 Å². The van der Waals surface area contributed by atoms with Crippen molar-refractivity contribution in [2.45, 2.75) is 57.7 Å². The second-order valence-electron chi connectivity index (χ2n) is 11.2. The zero-order valence-electron chi connectivity index (χ0n) is 25.1. The van der Waals surface area contributed by atoms with Crippen molar-refractivity contribution >= 4 is 0 Å². The van der Waals surface area contributed by atoms with Crippen LogP contribution in [0.4, 0.5) is 17.6 Å². The molecule has 1 atom stereocenters. The maximum atomic E-state index is 13.7. The van der Waals surface area contributed by atoms with E-state index in [0.29, 0.717) is 12.4 Å². The Labute approximate surface area is 256 Å². The van der Waals surface area contributed by atoms with Gasteiger partial charge in [-0.1, -0.05) is 13.3 Å². The Morgan fingerprint density at radius 1 is 0.955 bits per heavy atom. The van der Waals surface area contributed by atoms with E-state index in [-0.39, 0.29) is 6.42 Å². The minimum absolute atomic E-state index is 0.0277. The summed E-state index contributed by atoms with van der Waals surface area (Å²) in [5, 5.41) is 3.38. The molecule has 1 aliphatic heterocycles. The average molecular weight is 613 g/mol. The molecule has 1 unspecified atom stereocenters. The Hall–Kier alpha value is -3.63. The Morgan fingerprint density at radius 3 is 2.39 bits per heavy atom. The van der Waals surface area contributed by atoms with Crippen molar-refractivity contribution < 1.29 is 27.0 Å². The predicted octanol–water partition coefficient (Wildman–Crippen LogP) is 7.44. The molecule has 5 rings (SSSR count). The number of rotatable bonds is 13. The van der Waals surface area contributed by atoms with Gasteiger partial charge in [0.15, 0.2) is 0 Å². The number of unbranched alkanes of at least 4 members (excludes halogenated alkanes) is 2. The molecule has 0 bridgehead atoms. The maximum absolute atomic E-state index is 13.7. The van der Waals surface area contributed by atoms with Crippen LogP contribution in [0.3, 0.4) is 0 Å². The number of nitrogens with one attached hydrogen (secondary N) is 1. The lowest BCUT2D eigenvalue weighted by atomic mass is 10.0. The highest BCUT2D eigenvalue weighted by atomic mass is 19.4. The quantitative estimate of drug-likeness (QED) is 0.161. The van der Waals surface area contributed by atoms with Gasteiger partial charge in [0.05, 0.1) is 17.9 Å². The van der Waals surface area contributed by atoms with Gasteiger partial charge < -0.3 is 24.3 Å². The number of halogens is 4. The molecule has 0 amide bonds. The highest BCUT2D eigenvalue weighted by Crippen LogP contribution is 2.36. The number of aromatic nitrogens is 2. The van der Waals surface area contributed by atoms with Crippen LogP contribution >= 0.6 is 0 Å². The highest BCUT2D eigenvalue weighted by molar-refractivity contribution is 5.61. The summed E-state index contributed by atoms with van der Waals surface area (Å²) in [7, 11) is 0. The van der Waals surface area contributed by atoms with E-state index < -0.39 is 23.7 Å². The standard InChI is InChI=1S/C34H40F4N4O2/c1-2-3-6-33-40-32(25-7-11-27(12-8-25)43-22-5-4-19-41-20-17-39-18-21-41)24-42(33)26-9-13-28(14-10-26)44-29-15-16-31(35)30(23-29)34(36,37)38/h7-14,16,23-24,29,39H,2-6,15,17-22H2,1H3. The van der Waals surface area contributed by atoms with E-state index in [0.717, 1.165) is 105 Å². The van der Waals surface area contributed by atoms with Crippen LogP contribution in [0.5, 0.6) is 11.5 Å². The first kappa shape index (κ1) is 31.8. The summed E-state index contributed by atoms with van der Waals surface area (Å²) in [5.41, 5.74) is 1.40. The fraction of sp³-hybridized carbons (Fsp3) is 0.441. The zero-order chi connectivity index (χ0) is 30.9. The van der Waals surface area contributed by atoms with Crippen molar-refractivity contribution in [2.75, 3.05) is 39.3 Å². The molecule has 0 saturated carbocycles.